The first-order chi connectivity index (χ1) is 33.0. The molecule has 0 aliphatic rings. The summed E-state index contributed by atoms with van der Waals surface area (Å²) in [5.74, 6) is -0.998. The number of allylic oxidation sites excluding steroid dienone is 20. The average Bonchev–Trinajstić information content (AvgIpc) is 3.33. The summed E-state index contributed by atoms with van der Waals surface area (Å²) in [6.45, 7) is 6.36. The number of ether oxygens (including phenoxy) is 3. The second-order valence-corrected chi connectivity index (χ2v) is 17.5. The van der Waals surface area contributed by atoms with E-state index in [2.05, 4.69) is 112 Å². The van der Waals surface area contributed by atoms with Crippen LogP contribution >= 0.6 is 0 Å². The van der Waals surface area contributed by atoms with E-state index >= 15 is 0 Å². The van der Waals surface area contributed by atoms with Gasteiger partial charge in [-0.3, -0.25) is 14.4 Å². The van der Waals surface area contributed by atoms with Gasteiger partial charge in [0.1, 0.15) is 13.2 Å². The second kappa shape index (κ2) is 54.4. The van der Waals surface area contributed by atoms with Gasteiger partial charge in [0, 0.05) is 19.3 Å². The highest BCUT2D eigenvalue weighted by atomic mass is 16.6. The lowest BCUT2D eigenvalue weighted by atomic mass is 10.0. The van der Waals surface area contributed by atoms with Crippen LogP contribution in [-0.2, 0) is 28.6 Å². The van der Waals surface area contributed by atoms with E-state index in [1.54, 1.807) is 0 Å². The Morgan fingerprint density at radius 2 is 0.687 bits per heavy atom. The molecule has 67 heavy (non-hydrogen) atoms. The Balaban J connectivity index is 4.55. The van der Waals surface area contributed by atoms with Crippen molar-refractivity contribution in [2.75, 3.05) is 13.2 Å². The van der Waals surface area contributed by atoms with Gasteiger partial charge in [-0.25, -0.2) is 0 Å². The number of hydrogen-bond acceptors (Lipinski definition) is 6. The normalized spacial score (nSPS) is 13.1. The predicted molar refractivity (Wildman–Crippen MR) is 288 cm³/mol. The summed E-state index contributed by atoms with van der Waals surface area (Å²) in [4.78, 5) is 38.1. The van der Waals surface area contributed by atoms with Crippen molar-refractivity contribution >= 4 is 17.9 Å². The lowest BCUT2D eigenvalue weighted by Gasteiger charge is -2.18. The molecule has 1 unspecified atom stereocenters. The van der Waals surface area contributed by atoms with Crippen molar-refractivity contribution in [3.63, 3.8) is 0 Å². The van der Waals surface area contributed by atoms with Crippen LogP contribution in [0.4, 0.5) is 0 Å². The molecule has 0 aromatic carbocycles. The molecule has 378 valence electrons. The number of rotatable bonds is 47. The predicted octanol–water partition coefficient (Wildman–Crippen LogP) is 18.1. The zero-order valence-corrected chi connectivity index (χ0v) is 43.1. The molecule has 0 saturated heterocycles. The first kappa shape index (κ1) is 62.8. The number of carbonyl (C=O) groups is 3. The van der Waals surface area contributed by atoms with Crippen LogP contribution < -0.4 is 0 Å². The number of esters is 3. The third-order valence-electron chi connectivity index (χ3n) is 11.1. The SMILES string of the molecule is CC/C=C\C/C=C\C/C=C\C/C=C\C/C=C\CCCC(=O)OC(COC(=O)CCCCCCC\C=C/C=C\C=C/C=C\C=C/CCC)COC(=O)CCCCCCCCCCCCCCCC. The van der Waals surface area contributed by atoms with Crippen molar-refractivity contribution in [2.24, 2.45) is 0 Å². The van der Waals surface area contributed by atoms with E-state index in [1.807, 2.05) is 30.4 Å². The van der Waals surface area contributed by atoms with Crippen LogP contribution in [0.5, 0.6) is 0 Å². The van der Waals surface area contributed by atoms with Crippen molar-refractivity contribution < 1.29 is 28.6 Å². The molecular formula is C61H98O6. The molecule has 0 rings (SSSR count). The minimum absolute atomic E-state index is 0.111. The van der Waals surface area contributed by atoms with E-state index in [9.17, 15) is 14.4 Å². The summed E-state index contributed by atoms with van der Waals surface area (Å²) < 4.78 is 16.8. The first-order valence-corrected chi connectivity index (χ1v) is 27.1. The van der Waals surface area contributed by atoms with Gasteiger partial charge in [0.05, 0.1) is 0 Å². The van der Waals surface area contributed by atoms with Gasteiger partial charge in [-0.15, -0.1) is 0 Å². The Morgan fingerprint density at radius 3 is 1.13 bits per heavy atom. The fourth-order valence-electron chi connectivity index (χ4n) is 7.04. The molecule has 0 aliphatic carbocycles. The van der Waals surface area contributed by atoms with Crippen molar-refractivity contribution in [1.29, 1.82) is 0 Å². The highest BCUT2D eigenvalue weighted by Gasteiger charge is 2.19. The summed E-state index contributed by atoms with van der Waals surface area (Å²) in [5.41, 5.74) is 0. The fourth-order valence-corrected chi connectivity index (χ4v) is 7.04. The molecule has 0 saturated carbocycles. The summed E-state index contributed by atoms with van der Waals surface area (Å²) in [6.07, 6.45) is 74.6. The summed E-state index contributed by atoms with van der Waals surface area (Å²) in [7, 11) is 0. The molecule has 0 radical (unpaired) electrons. The van der Waals surface area contributed by atoms with E-state index < -0.39 is 6.10 Å². The van der Waals surface area contributed by atoms with Crippen LogP contribution in [-0.4, -0.2) is 37.2 Å². The third-order valence-corrected chi connectivity index (χ3v) is 11.1. The van der Waals surface area contributed by atoms with Gasteiger partial charge in [0.15, 0.2) is 6.10 Å². The molecule has 6 heteroatoms. The maximum absolute atomic E-state index is 12.8. The standard InChI is InChI=1S/C61H98O6/c1-4-7-10-13-16-19-22-25-28-30-32-33-36-39-42-45-48-51-54-60(63)66-57-58(56-65-59(62)53-50-47-44-41-38-35-27-24-21-18-15-12-9-6-3)67-61(64)55-52-49-46-43-40-37-34-31-29-26-23-20-17-14-11-8-5-2/h8,10-11,13,16-17,19-20,22,25-26,28-30,32-34,37,43,46,58H,4-7,9,12,14-15,18,21,23-24,27,31,35-36,38-42,44-45,47-57H2,1-3H3/b11-8-,13-10-,19-16-,20-17-,25-22-,29-26-,30-28-,33-32-,37-34-,46-43-. The smallest absolute Gasteiger partial charge is 0.306 e. The van der Waals surface area contributed by atoms with E-state index in [1.165, 1.54) is 77.0 Å². The quantitative estimate of drug-likeness (QED) is 0.0199. The Bertz CT molecular complexity index is 1440. The highest BCUT2D eigenvalue weighted by molar-refractivity contribution is 5.71. The summed E-state index contributed by atoms with van der Waals surface area (Å²) in [6, 6.07) is 0. The molecule has 0 aliphatic heterocycles. The Labute approximate surface area is 412 Å². The van der Waals surface area contributed by atoms with Gasteiger partial charge in [-0.2, -0.15) is 0 Å². The van der Waals surface area contributed by atoms with Gasteiger partial charge in [0.2, 0.25) is 0 Å². The van der Waals surface area contributed by atoms with Gasteiger partial charge in [-0.1, -0.05) is 251 Å². The van der Waals surface area contributed by atoms with E-state index in [4.69, 9.17) is 14.2 Å². The maximum Gasteiger partial charge on any atom is 0.306 e. The molecule has 6 nitrogen and oxygen atoms in total. The van der Waals surface area contributed by atoms with Gasteiger partial charge >= 0.3 is 17.9 Å². The number of hydrogen-bond donors (Lipinski definition) is 0. The van der Waals surface area contributed by atoms with Gasteiger partial charge in [-0.05, 0) is 77.0 Å². The molecule has 0 spiro atoms. The van der Waals surface area contributed by atoms with Crippen LogP contribution in [0.25, 0.3) is 0 Å². The summed E-state index contributed by atoms with van der Waals surface area (Å²) >= 11 is 0. The first-order valence-electron chi connectivity index (χ1n) is 27.1. The number of carbonyl (C=O) groups excluding carboxylic acids is 3. The molecule has 0 N–H and O–H groups in total. The largest absolute Gasteiger partial charge is 0.462 e. The second-order valence-electron chi connectivity index (χ2n) is 17.5. The fraction of sp³-hybridized carbons (Fsp3) is 0.623. The van der Waals surface area contributed by atoms with Crippen molar-refractivity contribution in [2.45, 2.75) is 232 Å². The molecule has 0 fully saturated rings. The lowest BCUT2D eigenvalue weighted by molar-refractivity contribution is -0.167. The Morgan fingerprint density at radius 1 is 0.328 bits per heavy atom. The maximum atomic E-state index is 12.8. The topological polar surface area (TPSA) is 78.9 Å². The third kappa shape index (κ3) is 52.6. The highest BCUT2D eigenvalue weighted by Crippen LogP contribution is 2.14. The summed E-state index contributed by atoms with van der Waals surface area (Å²) in [5, 5.41) is 0. The molecule has 0 aromatic rings. The molecule has 0 amide bonds. The average molecular weight is 927 g/mol. The van der Waals surface area contributed by atoms with Crippen LogP contribution in [0.1, 0.15) is 226 Å². The zero-order chi connectivity index (χ0) is 48.6. The molecule has 0 aromatic heterocycles. The number of unbranched alkanes of at least 4 members (excludes halogenated alkanes) is 20. The van der Waals surface area contributed by atoms with Crippen molar-refractivity contribution in [3.05, 3.63) is 122 Å². The van der Waals surface area contributed by atoms with E-state index in [0.29, 0.717) is 19.3 Å². The van der Waals surface area contributed by atoms with Crippen molar-refractivity contribution in [3.8, 4) is 0 Å². The molecule has 0 bridgehead atoms. The Kier molecular flexibility index (Phi) is 51.0. The Hall–Kier alpha value is -4.19. The van der Waals surface area contributed by atoms with Crippen LogP contribution in [0, 0.1) is 0 Å². The monoisotopic (exact) mass is 927 g/mol. The zero-order valence-electron chi connectivity index (χ0n) is 43.1. The molecular weight excluding hydrogens is 829 g/mol. The van der Waals surface area contributed by atoms with Crippen LogP contribution in [0.3, 0.4) is 0 Å². The molecule has 0 heterocycles. The van der Waals surface area contributed by atoms with Crippen LogP contribution in [0.2, 0.25) is 0 Å². The minimum Gasteiger partial charge on any atom is -0.462 e. The van der Waals surface area contributed by atoms with Gasteiger partial charge in [0.25, 0.3) is 0 Å². The lowest BCUT2D eigenvalue weighted by Crippen LogP contribution is -2.30. The van der Waals surface area contributed by atoms with Crippen molar-refractivity contribution in [1.82, 2.24) is 0 Å². The molecule has 1 atom stereocenters. The minimum atomic E-state index is -0.820. The van der Waals surface area contributed by atoms with Crippen LogP contribution in [0.15, 0.2) is 122 Å². The van der Waals surface area contributed by atoms with E-state index in [-0.39, 0.29) is 37.5 Å². The van der Waals surface area contributed by atoms with Gasteiger partial charge < -0.3 is 14.2 Å². The van der Waals surface area contributed by atoms with E-state index in [0.717, 1.165) is 103 Å².